The molecule has 0 bridgehead atoms. The molecule has 0 saturated carbocycles. The molecule has 1 N–H and O–H groups in total. The van der Waals surface area contributed by atoms with Crippen LogP contribution in [0.4, 0.5) is 5.69 Å². The van der Waals surface area contributed by atoms with Gasteiger partial charge in [0.2, 0.25) is 0 Å². The van der Waals surface area contributed by atoms with Crippen molar-refractivity contribution in [3.05, 3.63) is 52.9 Å². The topological polar surface area (TPSA) is 94.0 Å². The van der Waals surface area contributed by atoms with Gasteiger partial charge < -0.3 is 28.5 Å². The summed E-state index contributed by atoms with van der Waals surface area (Å²) < 4.78 is 21.8. The van der Waals surface area contributed by atoms with Crippen LogP contribution in [-0.2, 0) is 4.74 Å². The van der Waals surface area contributed by atoms with Crippen molar-refractivity contribution in [1.82, 2.24) is 4.98 Å². The number of alkyl halides is 1. The van der Waals surface area contributed by atoms with Crippen molar-refractivity contribution in [3.63, 3.8) is 0 Å². The minimum absolute atomic E-state index is 0.196. The number of methoxy groups -OCH3 is 3. The summed E-state index contributed by atoms with van der Waals surface area (Å²) in [6.07, 6.45) is 0. The number of halogens is 1. The zero-order valence-electron chi connectivity index (χ0n) is 19.2. The highest BCUT2D eigenvalue weighted by molar-refractivity contribution is 6.20. The molecule has 0 unspecified atom stereocenters. The molecule has 176 valence electrons. The molecule has 1 aliphatic rings. The number of fused-ring (bicyclic) bond motifs is 4. The largest absolute Gasteiger partial charge is 0.497 e. The fourth-order valence-corrected chi connectivity index (χ4v) is 5.00. The maximum atomic E-state index is 13.6. The van der Waals surface area contributed by atoms with Crippen LogP contribution in [0, 0.1) is 6.92 Å². The number of H-pyrrole nitrogens is 1. The van der Waals surface area contributed by atoms with Crippen molar-refractivity contribution in [2.75, 3.05) is 38.7 Å². The van der Waals surface area contributed by atoms with Crippen LogP contribution in [0.3, 0.4) is 0 Å². The van der Waals surface area contributed by atoms with Crippen molar-refractivity contribution in [3.8, 4) is 11.5 Å². The molecule has 3 heterocycles. The number of hydrogen-bond donors (Lipinski definition) is 1. The van der Waals surface area contributed by atoms with Gasteiger partial charge in [-0.25, -0.2) is 4.79 Å². The molecular weight excluding hydrogens is 460 g/mol. The minimum atomic E-state index is -0.469. The molecule has 5 rings (SSSR count). The third-order valence-corrected chi connectivity index (χ3v) is 6.70. The van der Waals surface area contributed by atoms with E-state index in [9.17, 15) is 9.59 Å². The molecule has 8 nitrogen and oxygen atoms in total. The molecule has 4 aromatic rings. The summed E-state index contributed by atoms with van der Waals surface area (Å²) in [4.78, 5) is 31.2. The third kappa shape index (κ3) is 3.20. The zero-order valence-corrected chi connectivity index (χ0v) is 19.9. The molecule has 0 aliphatic carbocycles. The Morgan fingerprint density at radius 1 is 1.18 bits per heavy atom. The Morgan fingerprint density at radius 3 is 2.65 bits per heavy atom. The molecule has 0 saturated heterocycles. The number of aromatic amines is 1. The number of aryl methyl sites for hydroxylation is 1. The Kier molecular flexibility index (Phi) is 5.40. The van der Waals surface area contributed by atoms with E-state index in [4.69, 9.17) is 30.2 Å². The third-order valence-electron chi connectivity index (χ3n) is 6.32. The molecule has 2 aromatic carbocycles. The zero-order chi connectivity index (χ0) is 24.1. The maximum Gasteiger partial charge on any atom is 0.340 e. The Bertz CT molecular complexity index is 1450. The van der Waals surface area contributed by atoms with Crippen LogP contribution in [0.25, 0.3) is 21.9 Å². The van der Waals surface area contributed by atoms with Crippen molar-refractivity contribution in [2.24, 2.45) is 0 Å². The van der Waals surface area contributed by atoms with E-state index < -0.39 is 5.97 Å². The molecule has 1 amide bonds. The highest BCUT2D eigenvalue weighted by Gasteiger charge is 2.38. The van der Waals surface area contributed by atoms with E-state index >= 15 is 0 Å². The van der Waals surface area contributed by atoms with Crippen molar-refractivity contribution in [1.29, 1.82) is 0 Å². The van der Waals surface area contributed by atoms with E-state index in [0.717, 1.165) is 10.9 Å². The first-order valence-electron chi connectivity index (χ1n) is 10.7. The highest BCUT2D eigenvalue weighted by atomic mass is 35.5. The molecule has 9 heteroatoms. The summed E-state index contributed by atoms with van der Waals surface area (Å²) in [6.45, 7) is 2.14. The molecular formula is C25H23ClN2O6. The van der Waals surface area contributed by atoms with Crippen LogP contribution in [0.15, 0.2) is 34.7 Å². The first-order valence-corrected chi connectivity index (χ1v) is 11.2. The van der Waals surface area contributed by atoms with Gasteiger partial charge in [-0.2, -0.15) is 0 Å². The van der Waals surface area contributed by atoms with Gasteiger partial charge in [0.1, 0.15) is 17.1 Å². The van der Waals surface area contributed by atoms with Gasteiger partial charge in [-0.15, -0.1) is 11.6 Å². The highest BCUT2D eigenvalue weighted by Crippen LogP contribution is 2.47. The number of nitrogens with zero attached hydrogens (tertiary/aromatic N) is 1. The van der Waals surface area contributed by atoms with Gasteiger partial charge in [0.15, 0.2) is 5.76 Å². The molecule has 0 spiro atoms. The first-order chi connectivity index (χ1) is 16.4. The van der Waals surface area contributed by atoms with Gasteiger partial charge in [-0.1, -0.05) is 0 Å². The van der Waals surface area contributed by atoms with Gasteiger partial charge in [0.25, 0.3) is 5.91 Å². The van der Waals surface area contributed by atoms with E-state index in [2.05, 4.69) is 4.98 Å². The number of anilines is 1. The predicted octanol–water partition coefficient (Wildman–Crippen LogP) is 5.01. The first kappa shape index (κ1) is 22.2. The van der Waals surface area contributed by atoms with Gasteiger partial charge in [-0.3, -0.25) is 4.79 Å². The van der Waals surface area contributed by atoms with E-state index in [1.165, 1.54) is 7.11 Å². The summed E-state index contributed by atoms with van der Waals surface area (Å²) in [5, 5.41) is 1.42. The molecule has 0 fully saturated rings. The lowest BCUT2D eigenvalue weighted by molar-refractivity contribution is 0.0602. The van der Waals surface area contributed by atoms with Crippen LogP contribution in [0.2, 0.25) is 0 Å². The van der Waals surface area contributed by atoms with Crippen molar-refractivity contribution >= 4 is 51.0 Å². The average Bonchev–Trinajstić information content (AvgIpc) is 3.54. The number of amides is 1. The Morgan fingerprint density at radius 2 is 1.97 bits per heavy atom. The van der Waals surface area contributed by atoms with Crippen molar-refractivity contribution in [2.45, 2.75) is 12.8 Å². The fraction of sp³-hybridized carbons (Fsp3) is 0.280. The number of hydrogen-bond acceptors (Lipinski definition) is 6. The normalized spacial score (nSPS) is 15.1. The number of carbonyl (C=O) groups is 2. The fourth-order valence-electron chi connectivity index (χ4n) is 4.75. The van der Waals surface area contributed by atoms with Gasteiger partial charge in [0.05, 0.1) is 38.1 Å². The number of nitrogens with one attached hydrogen (secondary N) is 1. The Labute approximate surface area is 200 Å². The minimum Gasteiger partial charge on any atom is -0.497 e. The summed E-state index contributed by atoms with van der Waals surface area (Å²) >= 11 is 6.36. The lowest BCUT2D eigenvalue weighted by Crippen LogP contribution is -2.29. The van der Waals surface area contributed by atoms with E-state index in [1.54, 1.807) is 50.3 Å². The monoisotopic (exact) mass is 482 g/mol. The van der Waals surface area contributed by atoms with Crippen LogP contribution in [0.5, 0.6) is 11.5 Å². The van der Waals surface area contributed by atoms with Crippen molar-refractivity contribution < 1.29 is 28.2 Å². The Balaban J connectivity index is 1.69. The lowest BCUT2D eigenvalue weighted by Gasteiger charge is -2.17. The van der Waals surface area contributed by atoms with Gasteiger partial charge in [-0.05, 0) is 36.8 Å². The SMILES string of the molecule is COC(=O)c1c(C)[nH]c2c(OC)cc3c(c12)[C@H](CCl)CN3C(=O)c1cc2cc(OC)ccc2o1. The second kappa shape index (κ2) is 8.29. The number of benzene rings is 2. The van der Waals surface area contributed by atoms with E-state index in [1.807, 2.05) is 6.07 Å². The van der Waals surface area contributed by atoms with Crippen LogP contribution in [0.1, 0.15) is 38.1 Å². The smallest absolute Gasteiger partial charge is 0.340 e. The summed E-state index contributed by atoms with van der Waals surface area (Å²) in [6, 6.07) is 8.85. The summed E-state index contributed by atoms with van der Waals surface area (Å²) in [5.41, 5.74) is 3.74. The number of aromatic nitrogens is 1. The van der Waals surface area contributed by atoms with Gasteiger partial charge >= 0.3 is 5.97 Å². The maximum absolute atomic E-state index is 13.6. The molecule has 34 heavy (non-hydrogen) atoms. The summed E-state index contributed by atoms with van der Waals surface area (Å²) in [5.74, 6) is 0.668. The standard InChI is InChI=1S/C25H23ClN2O6/c1-12-20(25(30)33-4)22-21-14(10-26)11-28(16(21)9-18(32-3)23(22)27-12)24(29)19-8-13-7-15(31-2)5-6-17(13)34-19/h5-9,14,27H,10-11H2,1-4H3/t14-/m1/s1. The number of rotatable bonds is 5. The molecule has 1 atom stereocenters. The average molecular weight is 483 g/mol. The van der Waals surface area contributed by atoms with Crippen LogP contribution < -0.4 is 14.4 Å². The van der Waals surface area contributed by atoms with E-state index in [0.29, 0.717) is 51.5 Å². The molecule has 1 aliphatic heterocycles. The van der Waals surface area contributed by atoms with Crippen LogP contribution >= 0.6 is 11.6 Å². The second-order valence-electron chi connectivity index (χ2n) is 8.16. The molecule has 2 aromatic heterocycles. The lowest BCUT2D eigenvalue weighted by atomic mass is 9.95. The predicted molar refractivity (Wildman–Crippen MR) is 129 cm³/mol. The number of ether oxygens (including phenoxy) is 3. The quantitative estimate of drug-likeness (QED) is 0.317. The van der Waals surface area contributed by atoms with Crippen LogP contribution in [-0.4, -0.2) is 50.6 Å². The summed E-state index contributed by atoms with van der Waals surface area (Å²) in [7, 11) is 4.47. The Hall–Kier alpha value is -3.65. The van der Waals surface area contributed by atoms with Gasteiger partial charge in [0, 0.05) is 40.9 Å². The number of furan rings is 1. The van der Waals surface area contributed by atoms with E-state index in [-0.39, 0.29) is 23.5 Å². The number of carbonyl (C=O) groups excluding carboxylic acids is 2. The second-order valence-corrected chi connectivity index (χ2v) is 8.47. The number of esters is 1. The molecule has 0 radical (unpaired) electrons.